The van der Waals surface area contributed by atoms with Crippen molar-refractivity contribution in [2.24, 2.45) is 0 Å². The summed E-state index contributed by atoms with van der Waals surface area (Å²) in [5.74, 6) is -0.425. The standard InChI is InChI=1S/C16H27NO3/c1-2-3-4-5-6-7-8-9-10-13-20-16(19)14-11-12-15(18)17-14/h10,13-14H,2-9,11-12H2,1H3,(H,17,18)/b13-10+/t14-/m0/s1. The van der Waals surface area contributed by atoms with Crippen LogP contribution >= 0.6 is 0 Å². The van der Waals surface area contributed by atoms with Gasteiger partial charge in [0.1, 0.15) is 6.04 Å². The smallest absolute Gasteiger partial charge is 0.333 e. The summed E-state index contributed by atoms with van der Waals surface area (Å²) in [5.41, 5.74) is 0. The molecule has 1 fully saturated rings. The molecule has 1 aliphatic heterocycles. The zero-order valence-corrected chi connectivity index (χ0v) is 12.5. The summed E-state index contributed by atoms with van der Waals surface area (Å²) >= 11 is 0. The first-order chi connectivity index (χ1) is 9.74. The van der Waals surface area contributed by atoms with Gasteiger partial charge in [0, 0.05) is 6.42 Å². The van der Waals surface area contributed by atoms with Crippen LogP contribution in [0.3, 0.4) is 0 Å². The van der Waals surface area contributed by atoms with Gasteiger partial charge in [-0.25, -0.2) is 4.79 Å². The second-order valence-corrected chi connectivity index (χ2v) is 5.38. The number of unbranched alkanes of at least 4 members (excludes halogenated alkanes) is 7. The molecular formula is C16H27NO3. The number of esters is 1. The van der Waals surface area contributed by atoms with E-state index in [1.165, 1.54) is 44.8 Å². The van der Waals surface area contributed by atoms with Crippen molar-refractivity contribution >= 4 is 11.9 Å². The number of nitrogens with one attached hydrogen (secondary N) is 1. The van der Waals surface area contributed by atoms with E-state index in [-0.39, 0.29) is 11.9 Å². The van der Waals surface area contributed by atoms with Gasteiger partial charge in [-0.2, -0.15) is 0 Å². The van der Waals surface area contributed by atoms with Gasteiger partial charge >= 0.3 is 5.97 Å². The highest BCUT2D eigenvalue weighted by molar-refractivity contribution is 5.88. The molecule has 1 atom stereocenters. The predicted octanol–water partition coefficient (Wildman–Crippen LogP) is 3.46. The Balaban J connectivity index is 1.94. The third-order valence-corrected chi connectivity index (χ3v) is 3.53. The second kappa shape index (κ2) is 10.5. The van der Waals surface area contributed by atoms with E-state index < -0.39 is 6.04 Å². The van der Waals surface area contributed by atoms with Gasteiger partial charge in [-0.15, -0.1) is 0 Å². The van der Waals surface area contributed by atoms with Crippen molar-refractivity contribution in [1.29, 1.82) is 0 Å². The van der Waals surface area contributed by atoms with E-state index in [9.17, 15) is 9.59 Å². The Kier molecular flexibility index (Phi) is 8.76. The lowest BCUT2D eigenvalue weighted by Gasteiger charge is -2.06. The topological polar surface area (TPSA) is 55.4 Å². The molecule has 0 radical (unpaired) electrons. The van der Waals surface area contributed by atoms with Crippen LogP contribution in [0.25, 0.3) is 0 Å². The van der Waals surface area contributed by atoms with E-state index in [1.807, 2.05) is 6.08 Å². The number of ether oxygens (including phenoxy) is 1. The van der Waals surface area contributed by atoms with Crippen LogP contribution < -0.4 is 5.32 Å². The lowest BCUT2D eigenvalue weighted by molar-refractivity contribution is -0.141. The average molecular weight is 281 g/mol. The number of hydrogen-bond donors (Lipinski definition) is 1. The summed E-state index contributed by atoms with van der Waals surface area (Å²) in [6.07, 6.45) is 14.2. The van der Waals surface area contributed by atoms with Gasteiger partial charge in [0.25, 0.3) is 0 Å². The molecule has 4 heteroatoms. The van der Waals surface area contributed by atoms with E-state index in [2.05, 4.69) is 12.2 Å². The normalized spacial score (nSPS) is 18.4. The maximum atomic E-state index is 11.5. The molecule has 1 rings (SSSR count). The molecule has 114 valence electrons. The molecule has 0 aromatic carbocycles. The molecule has 1 saturated heterocycles. The zero-order valence-electron chi connectivity index (χ0n) is 12.5. The molecule has 20 heavy (non-hydrogen) atoms. The molecule has 0 unspecified atom stereocenters. The van der Waals surface area contributed by atoms with Gasteiger partial charge in [0.15, 0.2) is 0 Å². The third kappa shape index (κ3) is 7.31. The molecule has 0 aliphatic carbocycles. The molecule has 4 nitrogen and oxygen atoms in total. The zero-order chi connectivity index (χ0) is 14.6. The molecular weight excluding hydrogens is 254 g/mol. The van der Waals surface area contributed by atoms with E-state index in [1.54, 1.807) is 0 Å². The Morgan fingerprint density at radius 3 is 2.60 bits per heavy atom. The second-order valence-electron chi connectivity index (χ2n) is 5.38. The lowest BCUT2D eigenvalue weighted by Crippen LogP contribution is -2.33. The fraction of sp³-hybridized carbons (Fsp3) is 0.750. The van der Waals surface area contributed by atoms with Crippen molar-refractivity contribution in [3.8, 4) is 0 Å². The molecule has 1 N–H and O–H groups in total. The maximum Gasteiger partial charge on any atom is 0.333 e. The molecule has 0 aromatic rings. The summed E-state index contributed by atoms with van der Waals surface area (Å²) in [5, 5.41) is 2.59. The number of rotatable bonds is 10. The lowest BCUT2D eigenvalue weighted by atomic mass is 10.1. The molecule has 1 aliphatic rings. The van der Waals surface area contributed by atoms with Crippen LogP contribution in [0.2, 0.25) is 0 Å². The first-order valence-electron chi connectivity index (χ1n) is 7.89. The van der Waals surface area contributed by atoms with Gasteiger partial charge in [-0.05, 0) is 25.3 Å². The summed E-state index contributed by atoms with van der Waals surface area (Å²) in [6.45, 7) is 2.23. The van der Waals surface area contributed by atoms with Gasteiger partial charge in [-0.3, -0.25) is 4.79 Å². The van der Waals surface area contributed by atoms with E-state index in [4.69, 9.17) is 4.74 Å². The van der Waals surface area contributed by atoms with Gasteiger partial charge < -0.3 is 10.1 Å². The van der Waals surface area contributed by atoms with Crippen LogP contribution in [0.5, 0.6) is 0 Å². The fourth-order valence-corrected chi connectivity index (χ4v) is 2.28. The highest BCUT2D eigenvalue weighted by atomic mass is 16.5. The summed E-state index contributed by atoms with van der Waals surface area (Å²) in [4.78, 5) is 22.5. The van der Waals surface area contributed by atoms with Crippen LogP contribution in [0.15, 0.2) is 12.3 Å². The van der Waals surface area contributed by atoms with E-state index in [0.29, 0.717) is 12.8 Å². The molecule has 0 spiro atoms. The van der Waals surface area contributed by atoms with E-state index in [0.717, 1.165) is 12.8 Å². The third-order valence-electron chi connectivity index (χ3n) is 3.53. The van der Waals surface area contributed by atoms with Gasteiger partial charge in [0.05, 0.1) is 6.26 Å². The Bertz CT molecular complexity index is 326. The Hall–Kier alpha value is -1.32. The molecule has 0 bridgehead atoms. The van der Waals surface area contributed by atoms with Gasteiger partial charge in [0.2, 0.25) is 5.91 Å². The van der Waals surface area contributed by atoms with Crippen molar-refractivity contribution in [1.82, 2.24) is 5.32 Å². The van der Waals surface area contributed by atoms with Gasteiger partial charge in [-0.1, -0.05) is 45.4 Å². The van der Waals surface area contributed by atoms with Crippen LogP contribution in [0.1, 0.15) is 71.1 Å². The Labute approximate surface area is 122 Å². The number of hydrogen-bond acceptors (Lipinski definition) is 3. The summed E-state index contributed by atoms with van der Waals surface area (Å²) in [7, 11) is 0. The first-order valence-corrected chi connectivity index (χ1v) is 7.89. The highest BCUT2D eigenvalue weighted by Gasteiger charge is 2.27. The minimum absolute atomic E-state index is 0.0704. The van der Waals surface area contributed by atoms with Crippen LogP contribution in [0.4, 0.5) is 0 Å². The first kappa shape index (κ1) is 16.7. The predicted molar refractivity (Wildman–Crippen MR) is 79.0 cm³/mol. The SMILES string of the molecule is CCCCCCCCC/C=C/OC(=O)[C@@H]1CCC(=O)N1. The van der Waals surface area contributed by atoms with Crippen molar-refractivity contribution < 1.29 is 14.3 Å². The van der Waals surface area contributed by atoms with Crippen molar-refractivity contribution in [2.45, 2.75) is 77.2 Å². The Morgan fingerprint density at radius 1 is 1.25 bits per heavy atom. The summed E-state index contributed by atoms with van der Waals surface area (Å²) < 4.78 is 5.00. The Morgan fingerprint density at radius 2 is 1.95 bits per heavy atom. The van der Waals surface area contributed by atoms with Crippen LogP contribution in [-0.2, 0) is 14.3 Å². The van der Waals surface area contributed by atoms with Crippen LogP contribution in [0, 0.1) is 0 Å². The minimum atomic E-state index is -0.453. The largest absolute Gasteiger partial charge is 0.433 e. The molecule has 1 amide bonds. The average Bonchev–Trinajstić information content (AvgIpc) is 2.87. The van der Waals surface area contributed by atoms with Crippen molar-refractivity contribution in [3.05, 3.63) is 12.3 Å². The fourth-order valence-electron chi connectivity index (χ4n) is 2.28. The minimum Gasteiger partial charge on any atom is -0.433 e. The number of carbonyl (C=O) groups excluding carboxylic acids is 2. The number of amides is 1. The highest BCUT2D eigenvalue weighted by Crippen LogP contribution is 2.10. The maximum absolute atomic E-state index is 11.5. The quantitative estimate of drug-likeness (QED) is 0.379. The number of allylic oxidation sites excluding steroid dienone is 1. The van der Waals surface area contributed by atoms with Crippen LogP contribution in [-0.4, -0.2) is 17.9 Å². The monoisotopic (exact) mass is 281 g/mol. The molecule has 1 heterocycles. The summed E-state index contributed by atoms with van der Waals surface area (Å²) in [6, 6.07) is -0.453. The van der Waals surface area contributed by atoms with E-state index >= 15 is 0 Å². The van der Waals surface area contributed by atoms with Crippen molar-refractivity contribution in [2.75, 3.05) is 0 Å². The van der Waals surface area contributed by atoms with Crippen molar-refractivity contribution in [3.63, 3.8) is 0 Å². The number of carbonyl (C=O) groups is 2. The molecule has 0 saturated carbocycles. The molecule has 0 aromatic heterocycles.